The van der Waals surface area contributed by atoms with Gasteiger partial charge in [-0.1, -0.05) is 19.8 Å². The number of nitrogens with two attached hydrogens (primary N) is 1. The van der Waals surface area contributed by atoms with Crippen LogP contribution in [0.15, 0.2) is 0 Å². The third-order valence-corrected chi connectivity index (χ3v) is 6.14. The molecule has 1 saturated carbocycles. The van der Waals surface area contributed by atoms with Gasteiger partial charge < -0.3 is 10.6 Å². The van der Waals surface area contributed by atoms with Crippen molar-refractivity contribution < 1.29 is 0 Å². The van der Waals surface area contributed by atoms with Crippen LogP contribution >= 0.6 is 11.8 Å². The molecule has 1 aliphatic heterocycles. The van der Waals surface area contributed by atoms with Crippen molar-refractivity contribution in [2.75, 3.05) is 25.4 Å². The van der Waals surface area contributed by atoms with Crippen LogP contribution in [0.3, 0.4) is 0 Å². The third-order valence-electron chi connectivity index (χ3n) is 4.84. The van der Waals surface area contributed by atoms with E-state index in [9.17, 15) is 0 Å². The highest BCUT2D eigenvalue weighted by Crippen LogP contribution is 2.34. The first-order valence-electron chi connectivity index (χ1n) is 8.12. The van der Waals surface area contributed by atoms with E-state index >= 15 is 0 Å². The zero-order chi connectivity index (χ0) is 13.9. The van der Waals surface area contributed by atoms with Crippen LogP contribution in [0.4, 0.5) is 0 Å². The van der Waals surface area contributed by atoms with Crippen molar-refractivity contribution in [3.8, 4) is 0 Å². The summed E-state index contributed by atoms with van der Waals surface area (Å²) in [6, 6.07) is 0.450. The highest BCUT2D eigenvalue weighted by molar-refractivity contribution is 8.00. The molecule has 0 spiro atoms. The first-order valence-corrected chi connectivity index (χ1v) is 9.10. The summed E-state index contributed by atoms with van der Waals surface area (Å²) in [6.07, 6.45) is 6.73. The maximum Gasteiger partial charge on any atom is 0.0231 e. The molecule has 0 amide bonds. The quantitative estimate of drug-likeness (QED) is 0.858. The second-order valence-corrected chi connectivity index (χ2v) is 9.04. The second-order valence-electron chi connectivity index (χ2n) is 7.23. The fraction of sp³-hybridized carbons (Fsp3) is 1.00. The van der Waals surface area contributed by atoms with E-state index in [0.717, 1.165) is 11.8 Å². The van der Waals surface area contributed by atoms with Gasteiger partial charge in [-0.15, -0.1) is 0 Å². The number of nitrogens with zero attached hydrogens (tertiary/aromatic N) is 1. The van der Waals surface area contributed by atoms with E-state index in [-0.39, 0.29) is 0 Å². The Morgan fingerprint density at radius 1 is 1.32 bits per heavy atom. The molecule has 0 aromatic heterocycles. The molecule has 2 fully saturated rings. The molecule has 0 radical (unpaired) electrons. The van der Waals surface area contributed by atoms with Gasteiger partial charge in [0.15, 0.2) is 0 Å². The number of rotatable bonds is 4. The lowest BCUT2D eigenvalue weighted by Gasteiger charge is -2.42. The lowest BCUT2D eigenvalue weighted by molar-refractivity contribution is 0.148. The van der Waals surface area contributed by atoms with E-state index in [1.165, 1.54) is 57.5 Å². The summed E-state index contributed by atoms with van der Waals surface area (Å²) in [6.45, 7) is 10.8. The average molecular weight is 285 g/mol. The van der Waals surface area contributed by atoms with Crippen molar-refractivity contribution in [2.24, 2.45) is 17.6 Å². The molecule has 2 rings (SSSR count). The van der Waals surface area contributed by atoms with Gasteiger partial charge in [0.1, 0.15) is 0 Å². The first-order chi connectivity index (χ1) is 9.00. The predicted molar refractivity (Wildman–Crippen MR) is 86.7 cm³/mol. The second kappa shape index (κ2) is 6.82. The summed E-state index contributed by atoms with van der Waals surface area (Å²) in [7, 11) is 0. The van der Waals surface area contributed by atoms with Crippen molar-refractivity contribution in [3.05, 3.63) is 0 Å². The third kappa shape index (κ3) is 4.64. The first kappa shape index (κ1) is 15.7. The molecular weight excluding hydrogens is 252 g/mol. The fourth-order valence-electron chi connectivity index (χ4n) is 3.87. The predicted octanol–water partition coefficient (Wildman–Crippen LogP) is 3.36. The largest absolute Gasteiger partial charge is 0.327 e. The van der Waals surface area contributed by atoms with E-state index in [0.29, 0.717) is 10.8 Å². The Hall–Kier alpha value is 0.270. The van der Waals surface area contributed by atoms with Crippen LogP contribution < -0.4 is 5.73 Å². The molecule has 2 aliphatic rings. The Bertz CT molecular complexity index is 280. The summed E-state index contributed by atoms with van der Waals surface area (Å²) >= 11 is 2.12. The van der Waals surface area contributed by atoms with Crippen LogP contribution in [0.25, 0.3) is 0 Å². The van der Waals surface area contributed by atoms with Crippen molar-refractivity contribution in [1.82, 2.24) is 4.90 Å². The van der Waals surface area contributed by atoms with Gasteiger partial charge in [-0.3, -0.25) is 0 Å². The Morgan fingerprint density at radius 3 is 2.79 bits per heavy atom. The number of hydrogen-bond acceptors (Lipinski definition) is 3. The molecule has 1 saturated heterocycles. The van der Waals surface area contributed by atoms with Crippen molar-refractivity contribution in [1.29, 1.82) is 0 Å². The zero-order valence-electron chi connectivity index (χ0n) is 13.0. The Balaban J connectivity index is 1.85. The molecule has 3 heteroatoms. The topological polar surface area (TPSA) is 29.3 Å². The highest BCUT2D eigenvalue weighted by Gasteiger charge is 2.32. The molecule has 3 unspecified atom stereocenters. The molecule has 0 aromatic rings. The zero-order valence-corrected chi connectivity index (χ0v) is 13.8. The number of thioether (sulfide) groups is 1. The van der Waals surface area contributed by atoms with Crippen LogP contribution in [-0.4, -0.2) is 41.1 Å². The summed E-state index contributed by atoms with van der Waals surface area (Å²) in [5.74, 6) is 2.97. The summed E-state index contributed by atoms with van der Waals surface area (Å²) < 4.78 is 0.430. The van der Waals surface area contributed by atoms with Crippen molar-refractivity contribution in [3.63, 3.8) is 0 Å². The molecular formula is C16H32N2S. The van der Waals surface area contributed by atoms with Gasteiger partial charge in [-0.25, -0.2) is 0 Å². The summed E-state index contributed by atoms with van der Waals surface area (Å²) in [5.41, 5.74) is 6.39. The van der Waals surface area contributed by atoms with Gasteiger partial charge in [-0.05, 0) is 44.9 Å². The van der Waals surface area contributed by atoms with Gasteiger partial charge in [0.05, 0.1) is 0 Å². The molecule has 0 aromatic carbocycles. The van der Waals surface area contributed by atoms with E-state index in [2.05, 4.69) is 37.4 Å². The van der Waals surface area contributed by atoms with Crippen LogP contribution in [-0.2, 0) is 0 Å². The molecule has 0 bridgehead atoms. The molecule has 2 N–H and O–H groups in total. The van der Waals surface area contributed by atoms with E-state index in [1.54, 1.807) is 0 Å². The van der Waals surface area contributed by atoms with Crippen molar-refractivity contribution >= 4 is 11.8 Å². The maximum absolute atomic E-state index is 6.39. The van der Waals surface area contributed by atoms with Crippen LogP contribution in [0.5, 0.6) is 0 Å². The average Bonchev–Trinajstić information content (AvgIpc) is 2.32. The van der Waals surface area contributed by atoms with Gasteiger partial charge >= 0.3 is 0 Å². The minimum Gasteiger partial charge on any atom is -0.327 e. The van der Waals surface area contributed by atoms with Crippen LogP contribution in [0, 0.1) is 11.8 Å². The minimum atomic E-state index is 0.430. The van der Waals surface area contributed by atoms with Gasteiger partial charge in [-0.2, -0.15) is 11.8 Å². The molecule has 112 valence electrons. The summed E-state index contributed by atoms with van der Waals surface area (Å²) in [4.78, 5) is 2.68. The Morgan fingerprint density at radius 2 is 2.11 bits per heavy atom. The molecule has 3 atom stereocenters. The van der Waals surface area contributed by atoms with Gasteiger partial charge in [0.2, 0.25) is 0 Å². The molecule has 1 aliphatic carbocycles. The highest BCUT2D eigenvalue weighted by atomic mass is 32.2. The summed E-state index contributed by atoms with van der Waals surface area (Å²) in [5, 5.41) is 0. The van der Waals surface area contributed by atoms with Crippen LogP contribution in [0.1, 0.15) is 52.9 Å². The number of hydrogen-bond donors (Lipinski definition) is 1. The molecule has 1 heterocycles. The SMILES string of the molecule is CCCC1CCC(N)C(CN2CCSC(C)(C)C2)C1. The van der Waals surface area contributed by atoms with Crippen molar-refractivity contribution in [2.45, 2.75) is 63.7 Å². The monoisotopic (exact) mass is 284 g/mol. The van der Waals surface area contributed by atoms with Gasteiger partial charge in [0.25, 0.3) is 0 Å². The van der Waals surface area contributed by atoms with Crippen LogP contribution in [0.2, 0.25) is 0 Å². The normalized spacial score (nSPS) is 36.3. The lowest BCUT2D eigenvalue weighted by atomic mass is 9.76. The fourth-order valence-corrected chi connectivity index (χ4v) is 5.04. The standard InChI is InChI=1S/C16H32N2S/c1-4-5-13-6-7-15(17)14(10-13)11-18-8-9-19-16(2,3)12-18/h13-15H,4-12,17H2,1-3H3. The van der Waals surface area contributed by atoms with E-state index in [1.807, 2.05) is 0 Å². The molecule has 2 nitrogen and oxygen atoms in total. The molecule has 19 heavy (non-hydrogen) atoms. The Labute approximate surface area is 123 Å². The maximum atomic E-state index is 6.39. The minimum absolute atomic E-state index is 0.430. The lowest BCUT2D eigenvalue weighted by Crippen LogP contribution is -2.49. The van der Waals surface area contributed by atoms with Gasteiger partial charge in [0, 0.05) is 36.2 Å². The Kier molecular flexibility index (Phi) is 5.62. The smallest absolute Gasteiger partial charge is 0.0231 e. The van der Waals surface area contributed by atoms with E-state index < -0.39 is 0 Å². The van der Waals surface area contributed by atoms with E-state index in [4.69, 9.17) is 5.73 Å².